The molecule has 0 amide bonds. The summed E-state index contributed by atoms with van der Waals surface area (Å²) in [5.74, 6) is -0.820. The Bertz CT molecular complexity index is 1390. The van der Waals surface area contributed by atoms with Gasteiger partial charge in [-0.1, -0.05) is 13.8 Å². The summed E-state index contributed by atoms with van der Waals surface area (Å²) < 4.78 is 30.4. The molecular weight excluding hydrogens is 484 g/mol. The van der Waals surface area contributed by atoms with Gasteiger partial charge in [-0.15, -0.1) is 0 Å². The highest BCUT2D eigenvalue weighted by Crippen LogP contribution is 2.41. The van der Waals surface area contributed by atoms with Gasteiger partial charge < -0.3 is 20.4 Å². The second-order valence-electron chi connectivity index (χ2n) is 11.1. The number of aromatic nitrogens is 2. The third-order valence-electron chi connectivity index (χ3n) is 7.21. The lowest BCUT2D eigenvalue weighted by Crippen LogP contribution is -2.44. The highest BCUT2D eigenvalue weighted by molar-refractivity contribution is 5.72. The molecule has 0 atom stereocenters. The fraction of sp³-hybridized carbons (Fsp3) is 0.414. The van der Waals surface area contributed by atoms with Gasteiger partial charge in [0, 0.05) is 61.3 Å². The minimum absolute atomic E-state index is 0.0238. The lowest BCUT2D eigenvalue weighted by Gasteiger charge is -2.43. The second kappa shape index (κ2) is 10.2. The first-order chi connectivity index (χ1) is 18.1. The van der Waals surface area contributed by atoms with E-state index in [1.165, 1.54) is 6.07 Å². The van der Waals surface area contributed by atoms with E-state index < -0.39 is 5.82 Å². The zero-order valence-electron chi connectivity index (χ0n) is 22.3. The third-order valence-corrected chi connectivity index (χ3v) is 7.21. The smallest absolute Gasteiger partial charge is 0.227 e. The Morgan fingerprint density at radius 1 is 1.08 bits per heavy atom. The standard InChI is InChI=1S/C29H33F2N7/c1-18(2)38-17-29(3,4)14-22-23(30)12-19(13-26(22)38)27-24(31)16-34-28(36-27)35-21-5-6-25(20(11-21)15-32)37-9-7-33-8-10-37/h5-6,11-13,16,18,33H,7-10,14,17H2,1-4H3,(H,34,35,36). The summed E-state index contributed by atoms with van der Waals surface area (Å²) in [4.78, 5) is 12.9. The van der Waals surface area contributed by atoms with Crippen LogP contribution < -0.4 is 20.4 Å². The molecule has 38 heavy (non-hydrogen) atoms. The number of halogens is 2. The number of nitrogens with zero attached hydrogens (tertiary/aromatic N) is 5. The average molecular weight is 518 g/mol. The maximum atomic E-state index is 15.4. The predicted octanol–water partition coefficient (Wildman–Crippen LogP) is 5.24. The summed E-state index contributed by atoms with van der Waals surface area (Å²) >= 11 is 0. The SMILES string of the molecule is CC(C)N1CC(C)(C)Cc2c(F)cc(-c3nc(Nc4ccc(N5CCNCC5)c(C#N)c4)ncc3F)cc21. The van der Waals surface area contributed by atoms with Gasteiger partial charge in [0.2, 0.25) is 5.95 Å². The van der Waals surface area contributed by atoms with Crippen molar-refractivity contribution in [2.45, 2.75) is 40.2 Å². The Labute approximate surface area is 222 Å². The van der Waals surface area contributed by atoms with Crippen LogP contribution in [-0.4, -0.2) is 48.7 Å². The van der Waals surface area contributed by atoms with Crippen molar-refractivity contribution in [3.05, 3.63) is 59.3 Å². The minimum Gasteiger partial charge on any atom is -0.368 e. The largest absolute Gasteiger partial charge is 0.368 e. The summed E-state index contributed by atoms with van der Waals surface area (Å²) in [7, 11) is 0. The molecule has 1 saturated heterocycles. The number of nitriles is 1. The Balaban J connectivity index is 1.47. The topological polar surface area (TPSA) is 80.1 Å². The Kier molecular flexibility index (Phi) is 6.93. The minimum atomic E-state index is -0.631. The van der Waals surface area contributed by atoms with E-state index >= 15 is 4.39 Å². The highest BCUT2D eigenvalue weighted by atomic mass is 19.1. The molecule has 2 aliphatic rings. The van der Waals surface area contributed by atoms with Gasteiger partial charge >= 0.3 is 0 Å². The van der Waals surface area contributed by atoms with E-state index in [0.717, 1.165) is 50.3 Å². The van der Waals surface area contributed by atoms with Crippen LogP contribution in [0, 0.1) is 28.4 Å². The molecule has 0 unspecified atom stereocenters. The van der Waals surface area contributed by atoms with Gasteiger partial charge in [0.1, 0.15) is 17.6 Å². The summed E-state index contributed by atoms with van der Waals surface area (Å²) in [6.07, 6.45) is 1.70. The molecule has 2 N–H and O–H groups in total. The van der Waals surface area contributed by atoms with Crippen molar-refractivity contribution in [3.63, 3.8) is 0 Å². The summed E-state index contributed by atoms with van der Waals surface area (Å²) in [6.45, 7) is 12.6. The van der Waals surface area contributed by atoms with Crippen LogP contribution in [0.15, 0.2) is 36.5 Å². The predicted molar refractivity (Wildman–Crippen MR) is 147 cm³/mol. The molecule has 0 saturated carbocycles. The molecule has 3 aromatic rings. The molecule has 3 heterocycles. The van der Waals surface area contributed by atoms with E-state index in [4.69, 9.17) is 0 Å². The quantitative estimate of drug-likeness (QED) is 0.479. The first-order valence-corrected chi connectivity index (χ1v) is 13.0. The Morgan fingerprint density at radius 3 is 2.55 bits per heavy atom. The summed E-state index contributed by atoms with van der Waals surface area (Å²) in [5, 5.41) is 16.1. The van der Waals surface area contributed by atoms with Crippen molar-refractivity contribution in [3.8, 4) is 17.3 Å². The van der Waals surface area contributed by atoms with Crippen molar-refractivity contribution >= 4 is 23.0 Å². The number of piperazine rings is 1. The molecular formula is C29H33F2N7. The van der Waals surface area contributed by atoms with Gasteiger partial charge in [0.05, 0.1) is 17.4 Å². The van der Waals surface area contributed by atoms with Gasteiger partial charge in [0.15, 0.2) is 5.82 Å². The fourth-order valence-corrected chi connectivity index (χ4v) is 5.38. The van der Waals surface area contributed by atoms with Crippen LogP contribution in [0.4, 0.5) is 31.8 Å². The third kappa shape index (κ3) is 5.14. The molecule has 0 spiro atoms. The maximum Gasteiger partial charge on any atom is 0.227 e. The molecule has 2 aliphatic heterocycles. The van der Waals surface area contributed by atoms with Crippen LogP contribution in [0.1, 0.15) is 38.8 Å². The number of rotatable bonds is 5. The number of hydrogen-bond acceptors (Lipinski definition) is 7. The molecule has 198 valence electrons. The molecule has 0 radical (unpaired) electrons. The van der Waals surface area contributed by atoms with Gasteiger partial charge in [-0.25, -0.2) is 18.7 Å². The van der Waals surface area contributed by atoms with Gasteiger partial charge in [0.25, 0.3) is 0 Å². The number of hydrogen-bond donors (Lipinski definition) is 2. The lowest BCUT2D eigenvalue weighted by atomic mass is 9.80. The number of nitrogens with one attached hydrogen (secondary N) is 2. The van der Waals surface area contributed by atoms with Crippen molar-refractivity contribution in [1.29, 1.82) is 5.26 Å². The van der Waals surface area contributed by atoms with Crippen LogP contribution in [0.5, 0.6) is 0 Å². The molecule has 9 heteroatoms. The molecule has 0 bridgehead atoms. The number of benzene rings is 2. The van der Waals surface area contributed by atoms with Crippen molar-refractivity contribution in [2.24, 2.45) is 5.41 Å². The summed E-state index contributed by atoms with van der Waals surface area (Å²) in [5.41, 5.74) is 3.78. The number of anilines is 4. The van der Waals surface area contributed by atoms with Gasteiger partial charge in [-0.2, -0.15) is 5.26 Å². The molecule has 2 aromatic carbocycles. The molecule has 0 aliphatic carbocycles. The molecule has 1 aromatic heterocycles. The first kappa shape index (κ1) is 25.9. The first-order valence-electron chi connectivity index (χ1n) is 13.0. The Morgan fingerprint density at radius 2 is 1.84 bits per heavy atom. The maximum absolute atomic E-state index is 15.4. The highest BCUT2D eigenvalue weighted by Gasteiger charge is 2.34. The van der Waals surface area contributed by atoms with Crippen LogP contribution >= 0.6 is 0 Å². The van der Waals surface area contributed by atoms with E-state index in [9.17, 15) is 9.65 Å². The average Bonchev–Trinajstić information content (AvgIpc) is 2.89. The van der Waals surface area contributed by atoms with Crippen molar-refractivity contribution in [2.75, 3.05) is 47.8 Å². The monoisotopic (exact) mass is 517 g/mol. The summed E-state index contributed by atoms with van der Waals surface area (Å²) in [6, 6.07) is 11.1. The van der Waals surface area contributed by atoms with Crippen molar-refractivity contribution in [1.82, 2.24) is 15.3 Å². The van der Waals surface area contributed by atoms with Gasteiger partial charge in [-0.3, -0.25) is 0 Å². The van der Waals surface area contributed by atoms with Crippen LogP contribution in [0.2, 0.25) is 0 Å². The molecule has 1 fully saturated rings. The molecule has 7 nitrogen and oxygen atoms in total. The lowest BCUT2D eigenvalue weighted by molar-refractivity contribution is 0.332. The zero-order chi connectivity index (χ0) is 27.0. The van der Waals surface area contributed by atoms with E-state index in [-0.39, 0.29) is 28.9 Å². The zero-order valence-corrected chi connectivity index (χ0v) is 22.3. The van der Waals surface area contributed by atoms with Crippen LogP contribution in [0.3, 0.4) is 0 Å². The van der Waals surface area contributed by atoms with E-state index in [2.05, 4.69) is 64.2 Å². The van der Waals surface area contributed by atoms with Crippen LogP contribution in [-0.2, 0) is 6.42 Å². The van der Waals surface area contributed by atoms with E-state index in [1.54, 1.807) is 6.07 Å². The number of fused-ring (bicyclic) bond motifs is 1. The van der Waals surface area contributed by atoms with Crippen molar-refractivity contribution < 1.29 is 8.78 Å². The normalized spacial score (nSPS) is 16.8. The van der Waals surface area contributed by atoms with Crippen LogP contribution in [0.25, 0.3) is 11.3 Å². The van der Waals surface area contributed by atoms with E-state index in [0.29, 0.717) is 28.8 Å². The molecule has 5 rings (SSSR count). The van der Waals surface area contributed by atoms with E-state index in [1.807, 2.05) is 18.2 Å². The second-order valence-corrected chi connectivity index (χ2v) is 11.1. The fourth-order valence-electron chi connectivity index (χ4n) is 5.38. The van der Waals surface area contributed by atoms with Gasteiger partial charge in [-0.05, 0) is 56.0 Å². The Hall–Kier alpha value is -3.77.